The maximum Gasteiger partial charge on any atom is 0.280 e. The third-order valence-electron chi connectivity index (χ3n) is 3.40. The second-order valence-electron chi connectivity index (χ2n) is 5.26. The van der Waals surface area contributed by atoms with Gasteiger partial charge in [0, 0.05) is 5.56 Å². The van der Waals surface area contributed by atoms with Crippen molar-refractivity contribution < 1.29 is 19.0 Å². The summed E-state index contributed by atoms with van der Waals surface area (Å²) in [5.41, 5.74) is 3.17. The van der Waals surface area contributed by atoms with Crippen LogP contribution in [0.15, 0.2) is 52.0 Å². The number of hydrazone groups is 1. The van der Waals surface area contributed by atoms with Crippen LogP contribution in [0.2, 0.25) is 0 Å². The molecular formula is C19H21BrN2O4. The fourth-order valence-electron chi connectivity index (χ4n) is 2.08. The van der Waals surface area contributed by atoms with Crippen molar-refractivity contribution >= 4 is 28.1 Å². The summed E-state index contributed by atoms with van der Waals surface area (Å²) in [7, 11) is 1.58. The number of nitrogens with zero attached hydrogens (tertiary/aromatic N) is 1. The second-order valence-corrected chi connectivity index (χ2v) is 6.12. The number of carbonyl (C=O) groups is 1. The quantitative estimate of drug-likeness (QED) is 0.521. The van der Waals surface area contributed by atoms with Crippen LogP contribution in [-0.2, 0) is 4.79 Å². The highest BCUT2D eigenvalue weighted by Crippen LogP contribution is 2.25. The Labute approximate surface area is 161 Å². The van der Waals surface area contributed by atoms with E-state index in [-0.39, 0.29) is 5.91 Å². The molecule has 0 bridgehead atoms. The number of nitrogens with one attached hydrogen (secondary N) is 1. The van der Waals surface area contributed by atoms with E-state index >= 15 is 0 Å². The molecule has 2 rings (SSSR count). The topological polar surface area (TPSA) is 69.2 Å². The smallest absolute Gasteiger partial charge is 0.280 e. The van der Waals surface area contributed by atoms with E-state index in [2.05, 4.69) is 26.5 Å². The standard InChI is InChI=1S/C19H21BrN2O4/c1-4-25-17-10-9-15(24-3)11-14(17)12-21-22-19(23)13(2)26-18-8-6-5-7-16(18)20/h5-13H,4H2,1-3H3,(H,22,23)/t13-/m1/s1. The van der Waals surface area contributed by atoms with Crippen molar-refractivity contribution in [2.24, 2.45) is 5.10 Å². The van der Waals surface area contributed by atoms with Gasteiger partial charge in [0.25, 0.3) is 5.91 Å². The van der Waals surface area contributed by atoms with Gasteiger partial charge in [-0.25, -0.2) is 5.43 Å². The molecule has 0 unspecified atom stereocenters. The van der Waals surface area contributed by atoms with Crippen LogP contribution < -0.4 is 19.6 Å². The number of halogens is 1. The summed E-state index contributed by atoms with van der Waals surface area (Å²) < 4.78 is 17.2. The molecule has 0 aromatic heterocycles. The van der Waals surface area contributed by atoms with E-state index in [0.29, 0.717) is 29.4 Å². The molecule has 26 heavy (non-hydrogen) atoms. The van der Waals surface area contributed by atoms with E-state index in [9.17, 15) is 4.79 Å². The Balaban J connectivity index is 2.01. The van der Waals surface area contributed by atoms with Gasteiger partial charge >= 0.3 is 0 Å². The lowest BCUT2D eigenvalue weighted by Gasteiger charge is -2.14. The Bertz CT molecular complexity index is 780. The Kier molecular flexibility index (Phi) is 7.47. The number of rotatable bonds is 8. The predicted octanol–water partition coefficient (Wildman–Crippen LogP) is 3.77. The first kappa shape index (κ1) is 19.8. The summed E-state index contributed by atoms with van der Waals surface area (Å²) in [6.45, 7) is 4.07. The van der Waals surface area contributed by atoms with E-state index in [1.165, 1.54) is 6.21 Å². The first-order valence-corrected chi connectivity index (χ1v) is 8.89. The average Bonchev–Trinajstić information content (AvgIpc) is 2.64. The number of ether oxygens (including phenoxy) is 3. The van der Waals surface area contributed by atoms with E-state index in [4.69, 9.17) is 14.2 Å². The summed E-state index contributed by atoms with van der Waals surface area (Å²) >= 11 is 3.38. The van der Waals surface area contributed by atoms with Crippen molar-refractivity contribution in [3.05, 3.63) is 52.5 Å². The summed E-state index contributed by atoms with van der Waals surface area (Å²) in [5, 5.41) is 3.99. The monoisotopic (exact) mass is 420 g/mol. The third kappa shape index (κ3) is 5.49. The Hall–Kier alpha value is -2.54. The normalized spacial score (nSPS) is 11.8. The van der Waals surface area contributed by atoms with Crippen molar-refractivity contribution in [2.45, 2.75) is 20.0 Å². The Morgan fingerprint density at radius 1 is 1.27 bits per heavy atom. The van der Waals surface area contributed by atoms with Crippen LogP contribution in [0, 0.1) is 0 Å². The fraction of sp³-hybridized carbons (Fsp3) is 0.263. The third-order valence-corrected chi connectivity index (χ3v) is 4.06. The molecule has 2 aromatic rings. The molecule has 1 amide bonds. The number of methoxy groups -OCH3 is 1. The molecule has 6 nitrogen and oxygen atoms in total. The molecule has 0 saturated carbocycles. The van der Waals surface area contributed by atoms with Gasteiger partial charge < -0.3 is 14.2 Å². The minimum atomic E-state index is -0.706. The molecule has 0 spiro atoms. The molecule has 2 aromatic carbocycles. The van der Waals surface area contributed by atoms with Crippen molar-refractivity contribution in [1.82, 2.24) is 5.43 Å². The van der Waals surface area contributed by atoms with Crippen LogP contribution in [0.1, 0.15) is 19.4 Å². The summed E-state index contributed by atoms with van der Waals surface area (Å²) in [4.78, 5) is 12.2. The lowest BCUT2D eigenvalue weighted by atomic mass is 10.2. The molecule has 0 aliphatic heterocycles. The molecule has 138 valence electrons. The number of para-hydroxylation sites is 1. The highest BCUT2D eigenvalue weighted by Gasteiger charge is 2.15. The molecule has 1 atom stereocenters. The van der Waals surface area contributed by atoms with Gasteiger partial charge in [-0.15, -0.1) is 0 Å². The van der Waals surface area contributed by atoms with Gasteiger partial charge in [0.1, 0.15) is 17.2 Å². The highest BCUT2D eigenvalue weighted by atomic mass is 79.9. The van der Waals surface area contributed by atoms with Crippen molar-refractivity contribution in [2.75, 3.05) is 13.7 Å². The first-order valence-electron chi connectivity index (χ1n) is 8.10. The van der Waals surface area contributed by atoms with Gasteiger partial charge in [0.2, 0.25) is 0 Å². The number of hydrogen-bond donors (Lipinski definition) is 1. The van der Waals surface area contributed by atoms with E-state index in [1.54, 1.807) is 38.3 Å². The van der Waals surface area contributed by atoms with Crippen LogP contribution in [0.25, 0.3) is 0 Å². The van der Waals surface area contributed by atoms with Crippen LogP contribution in [0.4, 0.5) is 0 Å². The number of benzene rings is 2. The van der Waals surface area contributed by atoms with Gasteiger partial charge in [-0.1, -0.05) is 12.1 Å². The maximum atomic E-state index is 12.2. The first-order chi connectivity index (χ1) is 12.5. The Morgan fingerprint density at radius 2 is 2.04 bits per heavy atom. The fourth-order valence-corrected chi connectivity index (χ4v) is 2.46. The largest absolute Gasteiger partial charge is 0.497 e. The van der Waals surface area contributed by atoms with E-state index in [1.807, 2.05) is 25.1 Å². The summed E-state index contributed by atoms with van der Waals surface area (Å²) in [5.74, 6) is 1.55. The molecule has 0 saturated heterocycles. The van der Waals surface area contributed by atoms with Crippen LogP contribution in [-0.4, -0.2) is 31.9 Å². The highest BCUT2D eigenvalue weighted by molar-refractivity contribution is 9.10. The van der Waals surface area contributed by atoms with E-state index in [0.717, 1.165) is 4.47 Å². The zero-order valence-corrected chi connectivity index (χ0v) is 16.4. The summed E-state index contributed by atoms with van der Waals surface area (Å²) in [6, 6.07) is 12.7. The molecule has 0 fully saturated rings. The SMILES string of the molecule is CCOc1ccc(OC)cc1C=NNC(=O)[C@@H](C)Oc1ccccc1Br. The number of hydrogen-bond acceptors (Lipinski definition) is 5. The van der Waals surface area contributed by atoms with Gasteiger partial charge in [-0.05, 0) is 60.1 Å². The lowest BCUT2D eigenvalue weighted by Crippen LogP contribution is -2.33. The van der Waals surface area contributed by atoms with Crippen molar-refractivity contribution in [1.29, 1.82) is 0 Å². The Morgan fingerprint density at radius 3 is 2.73 bits per heavy atom. The molecule has 7 heteroatoms. The zero-order valence-electron chi connectivity index (χ0n) is 14.9. The predicted molar refractivity (Wildman–Crippen MR) is 104 cm³/mol. The van der Waals surface area contributed by atoms with Gasteiger partial charge in [-0.3, -0.25) is 4.79 Å². The minimum absolute atomic E-state index is 0.363. The molecule has 0 aliphatic carbocycles. The second kappa shape index (κ2) is 9.82. The van der Waals surface area contributed by atoms with Crippen molar-refractivity contribution in [3.63, 3.8) is 0 Å². The van der Waals surface area contributed by atoms with Gasteiger partial charge in [-0.2, -0.15) is 5.10 Å². The molecule has 0 aliphatic rings. The van der Waals surface area contributed by atoms with Crippen molar-refractivity contribution in [3.8, 4) is 17.2 Å². The average molecular weight is 421 g/mol. The van der Waals surface area contributed by atoms with Crippen LogP contribution in [0.3, 0.4) is 0 Å². The number of carbonyl (C=O) groups excluding carboxylic acids is 1. The lowest BCUT2D eigenvalue weighted by molar-refractivity contribution is -0.127. The molecular weight excluding hydrogens is 400 g/mol. The van der Waals surface area contributed by atoms with Crippen LogP contribution >= 0.6 is 15.9 Å². The van der Waals surface area contributed by atoms with Gasteiger partial charge in [0.15, 0.2) is 6.10 Å². The summed E-state index contributed by atoms with van der Waals surface area (Å²) in [6.07, 6.45) is 0.804. The molecule has 0 radical (unpaired) electrons. The minimum Gasteiger partial charge on any atom is -0.497 e. The molecule has 1 N–H and O–H groups in total. The maximum absolute atomic E-state index is 12.2. The number of amides is 1. The van der Waals surface area contributed by atoms with Gasteiger partial charge in [0.05, 0.1) is 24.4 Å². The zero-order chi connectivity index (χ0) is 18.9. The van der Waals surface area contributed by atoms with Crippen LogP contribution in [0.5, 0.6) is 17.2 Å². The molecule has 0 heterocycles. The van der Waals surface area contributed by atoms with E-state index < -0.39 is 6.10 Å².